The first-order chi connectivity index (χ1) is 18.4. The number of carbonyl (C=O) groups excluding carboxylic acids is 2. The molecule has 8 nitrogen and oxygen atoms in total. The molecule has 1 fully saturated rings. The standard InChI is InChI=1S/C27H29F4N5O3/c1-3-26(2)11-22(37)36(25(32)35-26)23(14-8-15(28)13-33-12-14)17-9-18(17)24(38)34-19-10-21(27(29,30)31)39-20-7-5-4-6-16(19)20/h4-8,12-13,17-19,21,23H,3,9-11H2,1-2H3,(H2,32,35)(H,34,38)/t17-,18-,19+,21-,23?,26-/m1/s1. The zero-order valence-corrected chi connectivity index (χ0v) is 21.4. The van der Waals surface area contributed by atoms with Crippen molar-refractivity contribution < 1.29 is 31.9 Å². The molecular formula is C27H29F4N5O3. The lowest BCUT2D eigenvalue weighted by molar-refractivity contribution is -0.201. The summed E-state index contributed by atoms with van der Waals surface area (Å²) in [4.78, 5) is 36.4. The fourth-order valence-corrected chi connectivity index (χ4v) is 5.49. The SMILES string of the molecule is CC[C@]1(C)CC(=O)N(C(c2cncc(F)c2)[C@@H]2C[C@H]2C(=O)N[C@H]2C[C@H](C(F)(F)F)Oc3ccccc32)C(N)=N1. The van der Waals surface area contributed by atoms with Gasteiger partial charge in [0.05, 0.1) is 30.2 Å². The minimum absolute atomic E-state index is 0.0257. The van der Waals surface area contributed by atoms with E-state index in [-0.39, 0.29) is 24.0 Å². The molecule has 1 aromatic carbocycles. The van der Waals surface area contributed by atoms with Crippen LogP contribution in [0.5, 0.6) is 5.75 Å². The van der Waals surface area contributed by atoms with Crippen LogP contribution in [-0.4, -0.2) is 45.5 Å². The topological polar surface area (TPSA) is 110 Å². The first kappa shape index (κ1) is 26.9. The summed E-state index contributed by atoms with van der Waals surface area (Å²) in [7, 11) is 0. The third kappa shape index (κ3) is 5.28. The van der Waals surface area contributed by atoms with E-state index in [2.05, 4.69) is 15.3 Å². The highest BCUT2D eigenvalue weighted by Crippen LogP contribution is 2.52. The molecule has 2 aliphatic heterocycles. The summed E-state index contributed by atoms with van der Waals surface area (Å²) in [6.45, 7) is 3.72. The normalized spacial score (nSPS) is 29.1. The quantitative estimate of drug-likeness (QED) is 0.528. The predicted octanol–water partition coefficient (Wildman–Crippen LogP) is 4.18. The maximum absolute atomic E-state index is 14.2. The lowest BCUT2D eigenvalue weighted by Crippen LogP contribution is -2.52. The Hall–Kier alpha value is -3.70. The molecule has 208 valence electrons. The van der Waals surface area contributed by atoms with E-state index in [0.717, 1.165) is 6.20 Å². The Labute approximate surface area is 222 Å². The monoisotopic (exact) mass is 547 g/mol. The van der Waals surface area contributed by atoms with Gasteiger partial charge in [-0.3, -0.25) is 19.5 Å². The van der Waals surface area contributed by atoms with Crippen LogP contribution in [0.2, 0.25) is 0 Å². The van der Waals surface area contributed by atoms with Gasteiger partial charge in [0, 0.05) is 24.1 Å². The highest BCUT2D eigenvalue weighted by Gasteiger charge is 2.54. The molecule has 0 saturated heterocycles. The number of alkyl halides is 3. The van der Waals surface area contributed by atoms with Crippen LogP contribution < -0.4 is 15.8 Å². The number of hydrogen-bond donors (Lipinski definition) is 2. The zero-order valence-electron chi connectivity index (χ0n) is 21.4. The molecule has 1 saturated carbocycles. The number of guanidine groups is 1. The number of pyridine rings is 1. The van der Waals surface area contributed by atoms with E-state index in [1.165, 1.54) is 23.2 Å². The maximum Gasteiger partial charge on any atom is 0.425 e. The molecule has 3 aliphatic rings. The van der Waals surface area contributed by atoms with Crippen LogP contribution in [0.4, 0.5) is 17.6 Å². The second-order valence-corrected chi connectivity index (χ2v) is 10.6. The number of para-hydroxylation sites is 1. The molecule has 1 aromatic heterocycles. The van der Waals surface area contributed by atoms with Crippen molar-refractivity contribution in [2.45, 2.75) is 69.4 Å². The molecule has 6 atom stereocenters. The summed E-state index contributed by atoms with van der Waals surface area (Å²) in [6.07, 6.45) is -3.70. The van der Waals surface area contributed by atoms with Crippen LogP contribution in [0.1, 0.15) is 62.7 Å². The molecule has 1 aliphatic carbocycles. The number of aliphatic imine (C=N–C) groups is 1. The van der Waals surface area contributed by atoms with Gasteiger partial charge in [0.1, 0.15) is 11.6 Å². The Kier molecular flexibility index (Phi) is 6.76. The third-order valence-electron chi connectivity index (χ3n) is 7.82. The van der Waals surface area contributed by atoms with Gasteiger partial charge in [0.2, 0.25) is 11.8 Å². The molecule has 0 bridgehead atoms. The first-order valence-electron chi connectivity index (χ1n) is 12.8. The lowest BCUT2D eigenvalue weighted by Gasteiger charge is -2.39. The Morgan fingerprint density at radius 2 is 2.03 bits per heavy atom. The Morgan fingerprint density at radius 3 is 2.69 bits per heavy atom. The summed E-state index contributed by atoms with van der Waals surface area (Å²) in [5.74, 6) is -2.46. The predicted molar refractivity (Wildman–Crippen MR) is 133 cm³/mol. The number of halogens is 4. The van der Waals surface area contributed by atoms with E-state index in [0.29, 0.717) is 24.0 Å². The molecule has 3 heterocycles. The van der Waals surface area contributed by atoms with Crippen LogP contribution in [0.3, 0.4) is 0 Å². The largest absolute Gasteiger partial charge is 0.480 e. The van der Waals surface area contributed by atoms with Crippen molar-refractivity contribution in [2.24, 2.45) is 22.6 Å². The van der Waals surface area contributed by atoms with Gasteiger partial charge in [-0.05, 0) is 43.4 Å². The summed E-state index contributed by atoms with van der Waals surface area (Å²) < 4.78 is 59.9. The number of rotatable bonds is 6. The second kappa shape index (κ2) is 9.80. The highest BCUT2D eigenvalue weighted by molar-refractivity contribution is 5.99. The van der Waals surface area contributed by atoms with Gasteiger partial charge >= 0.3 is 6.18 Å². The van der Waals surface area contributed by atoms with Crippen LogP contribution in [-0.2, 0) is 9.59 Å². The third-order valence-corrected chi connectivity index (χ3v) is 7.82. The Balaban J connectivity index is 1.41. The van der Waals surface area contributed by atoms with E-state index in [1.54, 1.807) is 18.2 Å². The van der Waals surface area contributed by atoms with Gasteiger partial charge in [-0.1, -0.05) is 25.1 Å². The number of ether oxygens (including phenoxy) is 1. The van der Waals surface area contributed by atoms with Crippen molar-refractivity contribution in [3.63, 3.8) is 0 Å². The lowest BCUT2D eigenvalue weighted by atomic mass is 9.91. The minimum Gasteiger partial charge on any atom is -0.480 e. The van der Waals surface area contributed by atoms with Gasteiger partial charge in [-0.2, -0.15) is 13.2 Å². The smallest absolute Gasteiger partial charge is 0.425 e. The van der Waals surface area contributed by atoms with Crippen LogP contribution in [0.15, 0.2) is 47.7 Å². The number of hydrogen-bond acceptors (Lipinski definition) is 6. The van der Waals surface area contributed by atoms with Crippen molar-refractivity contribution >= 4 is 17.8 Å². The average Bonchev–Trinajstić information content (AvgIpc) is 3.66. The second-order valence-electron chi connectivity index (χ2n) is 10.6. The summed E-state index contributed by atoms with van der Waals surface area (Å²) >= 11 is 0. The van der Waals surface area contributed by atoms with Gasteiger partial charge in [-0.15, -0.1) is 0 Å². The number of aromatic nitrogens is 1. The molecule has 0 spiro atoms. The van der Waals surface area contributed by atoms with E-state index in [4.69, 9.17) is 10.5 Å². The molecule has 0 radical (unpaired) electrons. The first-order valence-corrected chi connectivity index (χ1v) is 12.8. The van der Waals surface area contributed by atoms with Gasteiger partial charge in [0.25, 0.3) is 0 Å². The van der Waals surface area contributed by atoms with E-state index in [9.17, 15) is 27.2 Å². The number of fused-ring (bicyclic) bond motifs is 1. The van der Waals surface area contributed by atoms with Gasteiger partial charge < -0.3 is 15.8 Å². The number of nitrogens with two attached hydrogens (primary N) is 1. The molecule has 12 heteroatoms. The molecule has 1 unspecified atom stereocenters. The van der Waals surface area contributed by atoms with E-state index in [1.807, 2.05) is 13.8 Å². The minimum atomic E-state index is -4.60. The number of amides is 2. The number of nitrogens with one attached hydrogen (secondary N) is 1. The number of nitrogens with zero attached hydrogens (tertiary/aromatic N) is 3. The maximum atomic E-state index is 14.2. The van der Waals surface area contributed by atoms with E-state index < -0.39 is 59.9 Å². The Morgan fingerprint density at radius 1 is 1.28 bits per heavy atom. The van der Waals surface area contributed by atoms with Crippen LogP contribution in [0.25, 0.3) is 0 Å². The van der Waals surface area contributed by atoms with Crippen molar-refractivity contribution in [1.82, 2.24) is 15.2 Å². The molecule has 2 amide bonds. The molecule has 39 heavy (non-hydrogen) atoms. The van der Waals surface area contributed by atoms with Crippen molar-refractivity contribution in [2.75, 3.05) is 0 Å². The van der Waals surface area contributed by atoms with Crippen molar-refractivity contribution in [3.8, 4) is 5.75 Å². The van der Waals surface area contributed by atoms with E-state index >= 15 is 0 Å². The van der Waals surface area contributed by atoms with Crippen molar-refractivity contribution in [3.05, 3.63) is 59.7 Å². The molecule has 3 N–H and O–H groups in total. The highest BCUT2D eigenvalue weighted by atomic mass is 19.4. The zero-order chi connectivity index (χ0) is 28.1. The van der Waals surface area contributed by atoms with Crippen LogP contribution >= 0.6 is 0 Å². The molecule has 5 rings (SSSR count). The fraction of sp³-hybridized carbons (Fsp3) is 0.481. The summed E-state index contributed by atoms with van der Waals surface area (Å²) in [6, 6.07) is 5.79. The molecular weight excluding hydrogens is 518 g/mol. The summed E-state index contributed by atoms with van der Waals surface area (Å²) in [5, 5.41) is 2.76. The Bertz CT molecular complexity index is 1320. The van der Waals surface area contributed by atoms with Crippen LogP contribution in [0, 0.1) is 17.7 Å². The summed E-state index contributed by atoms with van der Waals surface area (Å²) in [5.41, 5.74) is 6.40. The van der Waals surface area contributed by atoms with Gasteiger partial charge in [0.15, 0.2) is 12.1 Å². The molecule has 2 aromatic rings. The fourth-order valence-electron chi connectivity index (χ4n) is 5.49. The number of carbonyl (C=O) groups is 2. The van der Waals surface area contributed by atoms with Crippen molar-refractivity contribution in [1.29, 1.82) is 0 Å². The van der Waals surface area contributed by atoms with Gasteiger partial charge in [-0.25, -0.2) is 9.38 Å². The number of benzene rings is 1. The average molecular weight is 548 g/mol.